The predicted octanol–water partition coefficient (Wildman–Crippen LogP) is 2.56. The second-order valence-corrected chi connectivity index (χ2v) is 7.52. The Kier molecular flexibility index (Phi) is 4.92. The Labute approximate surface area is 156 Å². The maximum absolute atomic E-state index is 12.9. The van der Waals surface area contributed by atoms with E-state index in [1.54, 1.807) is 11.8 Å². The molecule has 3 aromatic heterocycles. The number of amides is 1. The number of carbonyl (C=O) groups is 1. The molecule has 0 bridgehead atoms. The van der Waals surface area contributed by atoms with Gasteiger partial charge in [0, 0.05) is 17.5 Å². The highest BCUT2D eigenvalue weighted by atomic mass is 32.2. The average molecular weight is 370 g/mol. The minimum absolute atomic E-state index is 0.136. The van der Waals surface area contributed by atoms with Crippen LogP contribution in [-0.4, -0.2) is 42.7 Å². The van der Waals surface area contributed by atoms with E-state index in [4.69, 9.17) is 0 Å². The Morgan fingerprint density at radius 2 is 2.23 bits per heavy atom. The first-order valence-electron chi connectivity index (χ1n) is 8.93. The van der Waals surface area contributed by atoms with Crippen molar-refractivity contribution in [1.29, 1.82) is 0 Å². The van der Waals surface area contributed by atoms with E-state index in [2.05, 4.69) is 32.0 Å². The first-order chi connectivity index (χ1) is 12.8. The third-order valence-corrected chi connectivity index (χ3v) is 5.48. The van der Waals surface area contributed by atoms with E-state index in [1.807, 2.05) is 28.8 Å². The molecule has 0 unspecified atom stereocenters. The first kappa shape index (κ1) is 17.1. The number of thioether (sulfide) groups is 1. The molecule has 1 aliphatic rings. The molecule has 8 heteroatoms. The predicted molar refractivity (Wildman–Crippen MR) is 101 cm³/mol. The van der Waals surface area contributed by atoms with E-state index >= 15 is 0 Å². The van der Waals surface area contributed by atoms with Gasteiger partial charge >= 0.3 is 0 Å². The highest BCUT2D eigenvalue weighted by Gasteiger charge is 2.26. The molecule has 0 fully saturated rings. The Bertz CT molecular complexity index is 917. The summed E-state index contributed by atoms with van der Waals surface area (Å²) in [4.78, 5) is 12.9. The van der Waals surface area contributed by atoms with Crippen LogP contribution in [0.4, 0.5) is 0 Å². The fourth-order valence-corrected chi connectivity index (χ4v) is 3.97. The van der Waals surface area contributed by atoms with Crippen molar-refractivity contribution in [2.24, 2.45) is 0 Å². The summed E-state index contributed by atoms with van der Waals surface area (Å²) in [6, 6.07) is 5.58. The van der Waals surface area contributed by atoms with Gasteiger partial charge in [-0.05, 0) is 56.2 Å². The summed E-state index contributed by atoms with van der Waals surface area (Å²) >= 11 is 1.75. The third kappa shape index (κ3) is 3.21. The largest absolute Gasteiger partial charge is 0.341 e. The molecule has 1 amide bonds. The average Bonchev–Trinajstić information content (AvgIpc) is 3.29. The Hall–Kier alpha value is -2.35. The Balaban J connectivity index is 1.61. The van der Waals surface area contributed by atoms with Gasteiger partial charge in [-0.3, -0.25) is 14.3 Å². The maximum atomic E-state index is 12.9. The number of fused-ring (bicyclic) bond motifs is 2. The summed E-state index contributed by atoms with van der Waals surface area (Å²) in [5.74, 6) is 1.54. The minimum atomic E-state index is -0.205. The summed E-state index contributed by atoms with van der Waals surface area (Å²) in [5.41, 5.74) is 3.49. The lowest BCUT2D eigenvalue weighted by atomic mass is 9.95. The van der Waals surface area contributed by atoms with Gasteiger partial charge in [0.05, 0.1) is 6.04 Å². The zero-order valence-corrected chi connectivity index (χ0v) is 15.6. The molecule has 3 heterocycles. The number of pyridine rings is 1. The topological polar surface area (TPSA) is 88.0 Å². The molecule has 7 nitrogen and oxygen atoms in total. The summed E-state index contributed by atoms with van der Waals surface area (Å²) in [6.45, 7) is 0. The van der Waals surface area contributed by atoms with E-state index in [0.717, 1.165) is 60.6 Å². The molecule has 26 heavy (non-hydrogen) atoms. The number of nitrogens with one attached hydrogen (secondary N) is 2. The number of rotatable bonds is 6. The summed E-state index contributed by atoms with van der Waals surface area (Å²) in [7, 11) is 0. The van der Waals surface area contributed by atoms with Crippen LogP contribution in [-0.2, 0) is 12.8 Å². The second-order valence-electron chi connectivity index (χ2n) is 6.53. The fourth-order valence-electron chi connectivity index (χ4n) is 3.49. The van der Waals surface area contributed by atoms with Crippen molar-refractivity contribution in [2.45, 2.75) is 38.1 Å². The fraction of sp³-hybridized carbons (Fsp3) is 0.444. The van der Waals surface area contributed by atoms with Crippen LogP contribution in [0, 0.1) is 0 Å². The number of carbonyl (C=O) groups excluding carboxylic acids is 1. The summed E-state index contributed by atoms with van der Waals surface area (Å²) in [5, 5.41) is 19.0. The molecule has 1 aliphatic carbocycles. The highest BCUT2D eigenvalue weighted by molar-refractivity contribution is 7.98. The molecule has 0 aliphatic heterocycles. The SMILES string of the molecule is CSCC[C@@H](NC(=O)c1n[nH]c2c1CCCC2)c1nnc2ccccn12. The molecule has 2 N–H and O–H groups in total. The number of hydrogen-bond donors (Lipinski definition) is 2. The van der Waals surface area contributed by atoms with Crippen molar-refractivity contribution in [2.75, 3.05) is 12.0 Å². The van der Waals surface area contributed by atoms with Gasteiger partial charge in [0.2, 0.25) is 0 Å². The van der Waals surface area contributed by atoms with E-state index in [0.29, 0.717) is 5.69 Å². The highest BCUT2D eigenvalue weighted by Crippen LogP contribution is 2.24. The molecule has 0 radical (unpaired) electrons. The summed E-state index contributed by atoms with van der Waals surface area (Å²) < 4.78 is 1.94. The maximum Gasteiger partial charge on any atom is 0.272 e. The summed E-state index contributed by atoms with van der Waals surface area (Å²) in [6.07, 6.45) is 8.92. The third-order valence-electron chi connectivity index (χ3n) is 4.84. The van der Waals surface area contributed by atoms with Gasteiger partial charge in [0.1, 0.15) is 0 Å². The number of aromatic amines is 1. The first-order valence-corrected chi connectivity index (χ1v) is 10.3. The number of aryl methyl sites for hydroxylation is 1. The molecule has 136 valence electrons. The van der Waals surface area contributed by atoms with E-state index in [-0.39, 0.29) is 11.9 Å². The van der Waals surface area contributed by atoms with Crippen molar-refractivity contribution in [3.8, 4) is 0 Å². The van der Waals surface area contributed by atoms with E-state index in [9.17, 15) is 4.79 Å². The van der Waals surface area contributed by atoms with Gasteiger partial charge in [0.15, 0.2) is 17.2 Å². The molecule has 0 saturated carbocycles. The lowest BCUT2D eigenvalue weighted by Crippen LogP contribution is -2.31. The van der Waals surface area contributed by atoms with Gasteiger partial charge in [0.25, 0.3) is 5.91 Å². The van der Waals surface area contributed by atoms with Gasteiger partial charge in [-0.25, -0.2) is 0 Å². The van der Waals surface area contributed by atoms with E-state index in [1.165, 1.54) is 0 Å². The monoisotopic (exact) mass is 370 g/mol. The number of hydrogen-bond acceptors (Lipinski definition) is 5. The van der Waals surface area contributed by atoms with Crippen LogP contribution in [0.15, 0.2) is 24.4 Å². The van der Waals surface area contributed by atoms with Crippen LogP contribution in [0.3, 0.4) is 0 Å². The molecule has 0 spiro atoms. The molecular formula is C18H22N6OS. The zero-order chi connectivity index (χ0) is 17.9. The second kappa shape index (κ2) is 7.49. The van der Waals surface area contributed by atoms with Crippen molar-refractivity contribution < 1.29 is 4.79 Å². The smallest absolute Gasteiger partial charge is 0.272 e. The van der Waals surface area contributed by atoms with Crippen LogP contribution < -0.4 is 5.32 Å². The van der Waals surface area contributed by atoms with Gasteiger partial charge < -0.3 is 5.32 Å². The van der Waals surface area contributed by atoms with Crippen molar-refractivity contribution in [1.82, 2.24) is 30.1 Å². The Morgan fingerprint density at radius 1 is 1.35 bits per heavy atom. The number of H-pyrrole nitrogens is 1. The van der Waals surface area contributed by atoms with Gasteiger partial charge in [-0.1, -0.05) is 6.07 Å². The number of aromatic nitrogens is 5. The van der Waals surface area contributed by atoms with Crippen LogP contribution >= 0.6 is 11.8 Å². The molecule has 3 aromatic rings. The molecule has 4 rings (SSSR count). The molecule has 0 saturated heterocycles. The standard InChI is InChI=1S/C18H22N6OS/c1-26-11-9-14(17-23-21-15-8-4-5-10-24(15)17)19-18(25)16-12-6-2-3-7-13(12)20-22-16/h4-5,8,10,14H,2-3,6-7,9,11H2,1H3,(H,19,25)(H,20,22)/t14-/m1/s1. The molecule has 0 aromatic carbocycles. The lowest BCUT2D eigenvalue weighted by molar-refractivity contribution is 0.0927. The van der Waals surface area contributed by atoms with Crippen molar-refractivity contribution >= 4 is 23.3 Å². The van der Waals surface area contributed by atoms with Gasteiger partial charge in [-0.15, -0.1) is 10.2 Å². The zero-order valence-electron chi connectivity index (χ0n) is 14.7. The molecular weight excluding hydrogens is 348 g/mol. The van der Waals surface area contributed by atoms with Crippen molar-refractivity contribution in [3.63, 3.8) is 0 Å². The number of nitrogens with zero attached hydrogens (tertiary/aromatic N) is 4. The normalized spacial score (nSPS) is 15.0. The lowest BCUT2D eigenvalue weighted by Gasteiger charge is -2.17. The van der Waals surface area contributed by atoms with Crippen LogP contribution in [0.2, 0.25) is 0 Å². The van der Waals surface area contributed by atoms with E-state index < -0.39 is 0 Å². The van der Waals surface area contributed by atoms with Gasteiger partial charge in [-0.2, -0.15) is 16.9 Å². The minimum Gasteiger partial charge on any atom is -0.341 e. The van der Waals surface area contributed by atoms with Crippen LogP contribution in [0.1, 0.15) is 52.9 Å². The quantitative estimate of drug-likeness (QED) is 0.696. The van der Waals surface area contributed by atoms with Crippen LogP contribution in [0.25, 0.3) is 5.65 Å². The van der Waals surface area contributed by atoms with Crippen molar-refractivity contribution in [3.05, 3.63) is 47.2 Å². The Morgan fingerprint density at radius 3 is 3.12 bits per heavy atom. The van der Waals surface area contributed by atoms with Crippen LogP contribution in [0.5, 0.6) is 0 Å². The molecule has 1 atom stereocenters.